The van der Waals surface area contributed by atoms with E-state index in [0.29, 0.717) is 12.3 Å². The van der Waals surface area contributed by atoms with Crippen LogP contribution in [0.2, 0.25) is 0 Å². The van der Waals surface area contributed by atoms with Gasteiger partial charge in [-0.15, -0.1) is 0 Å². The van der Waals surface area contributed by atoms with E-state index in [2.05, 4.69) is 5.32 Å². The maximum Gasteiger partial charge on any atom is 0.131 e. The number of Topliss-reactive ketones (excluding diaryl/α,β-unsaturated/α-hetero) is 1. The molecule has 1 rings (SSSR count). The van der Waals surface area contributed by atoms with E-state index in [4.69, 9.17) is 0 Å². The van der Waals surface area contributed by atoms with Gasteiger partial charge in [-0.2, -0.15) is 0 Å². The largest absolute Gasteiger partial charge is 0.382 e. The molecule has 1 N–H and O–H groups in total. The normalized spacial score (nSPS) is 12.6. The van der Waals surface area contributed by atoms with Gasteiger partial charge in [-0.1, -0.05) is 19.9 Å². The van der Waals surface area contributed by atoms with Crippen LogP contribution in [-0.2, 0) is 4.79 Å². The van der Waals surface area contributed by atoms with Crippen molar-refractivity contribution in [1.82, 2.24) is 0 Å². The molecule has 0 bridgehead atoms. The zero-order chi connectivity index (χ0) is 12.1. The molecule has 88 valence electrons. The third kappa shape index (κ3) is 4.01. The second-order valence-corrected chi connectivity index (χ2v) is 4.41. The highest BCUT2D eigenvalue weighted by molar-refractivity contribution is 5.76. The average molecular weight is 223 g/mol. The van der Waals surface area contributed by atoms with E-state index < -0.39 is 0 Å². The van der Waals surface area contributed by atoms with Gasteiger partial charge in [0.1, 0.15) is 11.6 Å². The van der Waals surface area contributed by atoms with Crippen molar-refractivity contribution in [3.05, 3.63) is 30.1 Å². The third-order valence-corrected chi connectivity index (χ3v) is 2.49. The molecule has 0 aromatic heterocycles. The number of halogens is 1. The van der Waals surface area contributed by atoms with Crippen molar-refractivity contribution in [2.24, 2.45) is 5.92 Å². The molecular weight excluding hydrogens is 205 g/mol. The fraction of sp³-hybridized carbons (Fsp3) is 0.462. The first-order chi connectivity index (χ1) is 7.49. The summed E-state index contributed by atoms with van der Waals surface area (Å²) in [5, 5.41) is 3.19. The van der Waals surface area contributed by atoms with Gasteiger partial charge in [0, 0.05) is 18.2 Å². The highest BCUT2D eigenvalue weighted by Crippen LogP contribution is 2.16. The lowest BCUT2D eigenvalue weighted by Gasteiger charge is -2.22. The molecule has 0 aliphatic rings. The van der Waals surface area contributed by atoms with Crippen LogP contribution in [0.1, 0.15) is 27.2 Å². The minimum absolute atomic E-state index is 0.0549. The van der Waals surface area contributed by atoms with Crippen LogP contribution in [0.15, 0.2) is 24.3 Å². The SMILES string of the molecule is CC(=O)CC(Nc1cccc(F)c1)C(C)C. The van der Waals surface area contributed by atoms with E-state index >= 15 is 0 Å². The van der Waals surface area contributed by atoms with Gasteiger partial charge in [0.2, 0.25) is 0 Å². The standard InChI is InChI=1S/C13H18FNO/c1-9(2)13(7-10(3)16)15-12-6-4-5-11(14)8-12/h4-6,8-9,13,15H,7H2,1-3H3. The van der Waals surface area contributed by atoms with Gasteiger partial charge in [-0.3, -0.25) is 4.79 Å². The summed E-state index contributed by atoms with van der Waals surface area (Å²) in [6.07, 6.45) is 0.466. The Morgan fingerprint density at radius 2 is 2.12 bits per heavy atom. The number of rotatable bonds is 5. The molecule has 0 saturated carbocycles. The molecule has 0 saturated heterocycles. The first-order valence-corrected chi connectivity index (χ1v) is 5.50. The zero-order valence-electron chi connectivity index (χ0n) is 9.96. The fourth-order valence-corrected chi connectivity index (χ4v) is 1.56. The number of benzene rings is 1. The summed E-state index contributed by atoms with van der Waals surface area (Å²) in [6, 6.07) is 6.36. The van der Waals surface area contributed by atoms with Gasteiger partial charge >= 0.3 is 0 Å². The molecule has 1 aromatic carbocycles. The number of carbonyl (C=O) groups excluding carboxylic acids is 1. The molecule has 1 atom stereocenters. The van der Waals surface area contributed by atoms with Crippen LogP contribution in [-0.4, -0.2) is 11.8 Å². The highest BCUT2D eigenvalue weighted by Gasteiger charge is 2.15. The molecular formula is C13H18FNO. The van der Waals surface area contributed by atoms with Crippen LogP contribution in [0.3, 0.4) is 0 Å². The Morgan fingerprint density at radius 3 is 2.62 bits per heavy atom. The fourth-order valence-electron chi connectivity index (χ4n) is 1.56. The van der Waals surface area contributed by atoms with Gasteiger partial charge < -0.3 is 5.32 Å². The van der Waals surface area contributed by atoms with Crippen LogP contribution < -0.4 is 5.32 Å². The lowest BCUT2D eigenvalue weighted by Crippen LogP contribution is -2.27. The molecule has 0 radical (unpaired) electrons. The Morgan fingerprint density at radius 1 is 1.44 bits per heavy atom. The lowest BCUT2D eigenvalue weighted by molar-refractivity contribution is -0.117. The highest BCUT2D eigenvalue weighted by atomic mass is 19.1. The van der Waals surface area contributed by atoms with Gasteiger partial charge in [-0.05, 0) is 31.0 Å². The van der Waals surface area contributed by atoms with Crippen LogP contribution in [0.4, 0.5) is 10.1 Å². The van der Waals surface area contributed by atoms with E-state index in [-0.39, 0.29) is 17.6 Å². The van der Waals surface area contributed by atoms with Crippen molar-refractivity contribution in [3.63, 3.8) is 0 Å². The average Bonchev–Trinajstić information content (AvgIpc) is 2.15. The van der Waals surface area contributed by atoms with Gasteiger partial charge in [0.05, 0.1) is 0 Å². The van der Waals surface area contributed by atoms with E-state index in [9.17, 15) is 9.18 Å². The molecule has 1 unspecified atom stereocenters. The van der Waals surface area contributed by atoms with Crippen LogP contribution in [0, 0.1) is 11.7 Å². The van der Waals surface area contributed by atoms with E-state index in [1.54, 1.807) is 19.1 Å². The van der Waals surface area contributed by atoms with Crippen LogP contribution in [0.25, 0.3) is 0 Å². The van der Waals surface area contributed by atoms with Crippen LogP contribution >= 0.6 is 0 Å². The zero-order valence-corrected chi connectivity index (χ0v) is 9.96. The van der Waals surface area contributed by atoms with Gasteiger partial charge in [0.25, 0.3) is 0 Å². The first-order valence-electron chi connectivity index (χ1n) is 5.50. The molecule has 0 heterocycles. The number of hydrogen-bond donors (Lipinski definition) is 1. The Hall–Kier alpha value is -1.38. The smallest absolute Gasteiger partial charge is 0.131 e. The molecule has 2 nitrogen and oxygen atoms in total. The maximum atomic E-state index is 13.0. The molecule has 0 amide bonds. The van der Waals surface area contributed by atoms with Gasteiger partial charge in [-0.25, -0.2) is 4.39 Å². The summed E-state index contributed by atoms with van der Waals surface area (Å²) in [7, 11) is 0. The predicted octanol–water partition coefficient (Wildman–Crippen LogP) is 3.24. The summed E-state index contributed by atoms with van der Waals surface area (Å²) >= 11 is 0. The van der Waals surface area contributed by atoms with Crippen molar-refractivity contribution in [2.45, 2.75) is 33.2 Å². The Kier molecular flexibility index (Phi) is 4.47. The van der Waals surface area contributed by atoms with Crippen molar-refractivity contribution in [2.75, 3.05) is 5.32 Å². The maximum absolute atomic E-state index is 13.0. The molecule has 1 aromatic rings. The predicted molar refractivity (Wildman–Crippen MR) is 63.9 cm³/mol. The molecule has 0 aliphatic carbocycles. The van der Waals surface area contributed by atoms with Crippen molar-refractivity contribution < 1.29 is 9.18 Å². The third-order valence-electron chi connectivity index (χ3n) is 2.49. The number of hydrogen-bond acceptors (Lipinski definition) is 2. The monoisotopic (exact) mass is 223 g/mol. The molecule has 0 spiro atoms. The number of nitrogens with one attached hydrogen (secondary N) is 1. The summed E-state index contributed by atoms with van der Waals surface area (Å²) in [6.45, 7) is 5.66. The van der Waals surface area contributed by atoms with E-state index in [1.807, 2.05) is 13.8 Å². The second-order valence-electron chi connectivity index (χ2n) is 4.41. The minimum atomic E-state index is -0.268. The summed E-state index contributed by atoms with van der Waals surface area (Å²) in [5.74, 6) is 0.199. The van der Waals surface area contributed by atoms with E-state index in [0.717, 1.165) is 5.69 Å². The quantitative estimate of drug-likeness (QED) is 0.830. The molecule has 3 heteroatoms. The lowest BCUT2D eigenvalue weighted by atomic mass is 9.99. The second kappa shape index (κ2) is 5.64. The van der Waals surface area contributed by atoms with Crippen LogP contribution in [0.5, 0.6) is 0 Å². The minimum Gasteiger partial charge on any atom is -0.382 e. The Balaban J connectivity index is 2.71. The van der Waals surface area contributed by atoms with E-state index in [1.165, 1.54) is 12.1 Å². The molecule has 16 heavy (non-hydrogen) atoms. The van der Waals surface area contributed by atoms with Gasteiger partial charge in [0.15, 0.2) is 0 Å². The summed E-state index contributed by atoms with van der Waals surface area (Å²) in [5.41, 5.74) is 0.722. The summed E-state index contributed by atoms with van der Waals surface area (Å²) < 4.78 is 13.0. The number of anilines is 1. The summed E-state index contributed by atoms with van der Waals surface area (Å²) in [4.78, 5) is 11.1. The Bertz CT molecular complexity index is 363. The topological polar surface area (TPSA) is 29.1 Å². The Labute approximate surface area is 95.9 Å². The molecule has 0 aliphatic heterocycles. The van der Waals surface area contributed by atoms with Crippen molar-refractivity contribution >= 4 is 11.5 Å². The number of ketones is 1. The molecule has 0 fully saturated rings. The van der Waals surface area contributed by atoms with Crippen molar-refractivity contribution in [1.29, 1.82) is 0 Å². The van der Waals surface area contributed by atoms with Crippen molar-refractivity contribution in [3.8, 4) is 0 Å². The first kappa shape index (κ1) is 12.7. The number of carbonyl (C=O) groups is 1.